The quantitative estimate of drug-likeness (QED) is 0.534. The van der Waals surface area contributed by atoms with Crippen LogP contribution in [0.4, 0.5) is 5.69 Å². The van der Waals surface area contributed by atoms with E-state index in [2.05, 4.69) is 15.6 Å². The Morgan fingerprint density at radius 3 is 2.33 bits per heavy atom. The van der Waals surface area contributed by atoms with Crippen LogP contribution in [-0.4, -0.2) is 26.6 Å². The third-order valence-electron chi connectivity index (χ3n) is 3.62. The van der Waals surface area contributed by atoms with Gasteiger partial charge in [0.05, 0.1) is 17.1 Å². The van der Waals surface area contributed by atoms with Crippen LogP contribution in [0.15, 0.2) is 65.8 Å². The highest BCUT2D eigenvalue weighted by Crippen LogP contribution is 2.24. The molecular formula is C19H12N6O2. The number of aromatic nitrogens is 2. The summed E-state index contributed by atoms with van der Waals surface area (Å²) in [5, 5.41) is 34.5. The van der Waals surface area contributed by atoms with E-state index in [1.165, 1.54) is 6.07 Å². The summed E-state index contributed by atoms with van der Waals surface area (Å²) in [4.78, 5) is 11.3. The van der Waals surface area contributed by atoms with Crippen molar-refractivity contribution in [3.8, 4) is 29.1 Å². The lowest BCUT2D eigenvalue weighted by Gasteiger charge is -2.08. The van der Waals surface area contributed by atoms with E-state index in [1.54, 1.807) is 41.1 Å². The summed E-state index contributed by atoms with van der Waals surface area (Å²) in [5.41, 5.74) is 4.95. The molecule has 0 radical (unpaired) electrons. The molecule has 0 unspecified atom stereocenters. The first-order valence-corrected chi connectivity index (χ1v) is 7.75. The molecule has 27 heavy (non-hydrogen) atoms. The number of anilines is 1. The van der Waals surface area contributed by atoms with Gasteiger partial charge in [0.25, 0.3) is 0 Å². The summed E-state index contributed by atoms with van der Waals surface area (Å²) in [5.74, 6) is -1.11. The van der Waals surface area contributed by atoms with Crippen molar-refractivity contribution in [3.63, 3.8) is 0 Å². The highest BCUT2D eigenvalue weighted by Gasteiger charge is 2.15. The summed E-state index contributed by atoms with van der Waals surface area (Å²) in [6, 6.07) is 21.0. The topological polar surface area (TPSA) is 127 Å². The highest BCUT2D eigenvalue weighted by molar-refractivity contribution is 6.10. The number of carbonyl (C=O) groups is 1. The largest absolute Gasteiger partial charge is 0.476 e. The van der Waals surface area contributed by atoms with Crippen molar-refractivity contribution in [1.29, 1.82) is 10.5 Å². The Morgan fingerprint density at radius 2 is 1.74 bits per heavy atom. The summed E-state index contributed by atoms with van der Waals surface area (Å²) >= 11 is 0. The zero-order valence-corrected chi connectivity index (χ0v) is 13.9. The van der Waals surface area contributed by atoms with Gasteiger partial charge in [0.1, 0.15) is 12.1 Å². The molecule has 2 N–H and O–H groups in total. The summed E-state index contributed by atoms with van der Waals surface area (Å²) in [6.07, 6.45) is 0. The SMILES string of the molecule is N#CC(C#N)=NNc1ccc(-n2nc(C(=O)O)cc2-c2ccccc2)cc1. The minimum Gasteiger partial charge on any atom is -0.476 e. The Bertz CT molecular complexity index is 1070. The summed E-state index contributed by atoms with van der Waals surface area (Å²) in [7, 11) is 0. The molecule has 8 heteroatoms. The third-order valence-corrected chi connectivity index (χ3v) is 3.62. The van der Waals surface area contributed by atoms with E-state index in [-0.39, 0.29) is 11.4 Å². The number of rotatable bonds is 5. The molecular weight excluding hydrogens is 344 g/mol. The minimum absolute atomic E-state index is 0.0617. The van der Waals surface area contributed by atoms with Gasteiger partial charge in [-0.2, -0.15) is 20.7 Å². The van der Waals surface area contributed by atoms with Crippen molar-refractivity contribution in [2.75, 3.05) is 5.43 Å². The van der Waals surface area contributed by atoms with Gasteiger partial charge >= 0.3 is 5.97 Å². The average molecular weight is 356 g/mol. The van der Waals surface area contributed by atoms with E-state index >= 15 is 0 Å². The van der Waals surface area contributed by atoms with Crippen molar-refractivity contribution in [2.24, 2.45) is 5.10 Å². The van der Waals surface area contributed by atoms with Gasteiger partial charge in [-0.25, -0.2) is 9.48 Å². The number of nitrogens with zero attached hydrogens (tertiary/aromatic N) is 5. The zero-order valence-electron chi connectivity index (χ0n) is 13.9. The lowest BCUT2D eigenvalue weighted by atomic mass is 10.1. The van der Waals surface area contributed by atoms with E-state index in [0.29, 0.717) is 17.1 Å². The normalized spacial score (nSPS) is 9.70. The number of hydrogen-bond donors (Lipinski definition) is 2. The van der Waals surface area contributed by atoms with E-state index < -0.39 is 5.97 Å². The molecule has 0 amide bonds. The molecule has 0 atom stereocenters. The van der Waals surface area contributed by atoms with Gasteiger partial charge in [-0.3, -0.25) is 5.43 Å². The fourth-order valence-electron chi connectivity index (χ4n) is 2.37. The molecule has 0 fully saturated rings. The molecule has 0 aliphatic heterocycles. The number of aromatic carboxylic acids is 1. The molecule has 0 saturated carbocycles. The number of benzene rings is 2. The maximum absolute atomic E-state index is 11.3. The Morgan fingerprint density at radius 1 is 1.07 bits per heavy atom. The fraction of sp³-hybridized carbons (Fsp3) is 0. The maximum atomic E-state index is 11.3. The highest BCUT2D eigenvalue weighted by atomic mass is 16.4. The average Bonchev–Trinajstić information content (AvgIpc) is 3.16. The molecule has 0 spiro atoms. The van der Waals surface area contributed by atoms with E-state index in [1.807, 2.05) is 30.3 Å². The van der Waals surface area contributed by atoms with Crippen molar-refractivity contribution < 1.29 is 9.90 Å². The van der Waals surface area contributed by atoms with Crippen LogP contribution in [0.25, 0.3) is 16.9 Å². The van der Waals surface area contributed by atoms with Crippen molar-refractivity contribution in [2.45, 2.75) is 0 Å². The first-order valence-electron chi connectivity index (χ1n) is 7.75. The zero-order chi connectivity index (χ0) is 19.2. The lowest BCUT2D eigenvalue weighted by molar-refractivity contribution is 0.0690. The van der Waals surface area contributed by atoms with Gasteiger partial charge in [0.15, 0.2) is 5.69 Å². The van der Waals surface area contributed by atoms with Crippen LogP contribution >= 0.6 is 0 Å². The molecule has 1 aromatic heterocycles. The van der Waals surface area contributed by atoms with Gasteiger partial charge in [0, 0.05) is 5.56 Å². The van der Waals surface area contributed by atoms with Crippen LogP contribution in [0, 0.1) is 22.7 Å². The number of hydrazone groups is 1. The Balaban J connectivity index is 1.97. The second-order valence-corrected chi connectivity index (χ2v) is 5.34. The fourth-order valence-corrected chi connectivity index (χ4v) is 2.37. The molecule has 0 aliphatic carbocycles. The predicted molar refractivity (Wildman–Crippen MR) is 98.2 cm³/mol. The van der Waals surface area contributed by atoms with Crippen LogP contribution in [0.3, 0.4) is 0 Å². The number of nitriles is 2. The Hall–Kier alpha value is -4.43. The molecule has 3 rings (SSSR count). The van der Waals surface area contributed by atoms with Crippen LogP contribution < -0.4 is 5.43 Å². The lowest BCUT2D eigenvalue weighted by Crippen LogP contribution is -2.02. The Labute approximate surface area is 154 Å². The van der Waals surface area contributed by atoms with Gasteiger partial charge in [-0.1, -0.05) is 30.3 Å². The van der Waals surface area contributed by atoms with E-state index in [4.69, 9.17) is 10.5 Å². The van der Waals surface area contributed by atoms with E-state index in [0.717, 1.165) is 5.56 Å². The monoisotopic (exact) mass is 356 g/mol. The second kappa shape index (κ2) is 7.64. The molecule has 0 saturated heterocycles. The molecule has 0 aliphatic rings. The first kappa shape index (κ1) is 17.4. The number of carboxylic acid groups (broad SMARTS) is 1. The number of nitrogens with one attached hydrogen (secondary N) is 1. The predicted octanol–water partition coefficient (Wildman–Crippen LogP) is 3.05. The molecule has 8 nitrogen and oxygen atoms in total. The van der Waals surface area contributed by atoms with Gasteiger partial charge < -0.3 is 5.11 Å². The first-order chi connectivity index (χ1) is 13.1. The van der Waals surface area contributed by atoms with Crippen molar-refractivity contribution >= 4 is 17.4 Å². The standard InChI is InChI=1S/C19H12N6O2/c20-11-15(12-21)23-22-14-6-8-16(9-7-14)25-18(10-17(24-25)19(26)27)13-4-2-1-3-5-13/h1-10,22H,(H,26,27). The van der Waals surface area contributed by atoms with Crippen LogP contribution in [0.5, 0.6) is 0 Å². The molecule has 130 valence electrons. The van der Waals surface area contributed by atoms with Crippen molar-refractivity contribution in [1.82, 2.24) is 9.78 Å². The number of hydrogen-bond acceptors (Lipinski definition) is 6. The summed E-state index contributed by atoms with van der Waals surface area (Å²) in [6.45, 7) is 0. The molecule has 3 aromatic rings. The third kappa shape index (κ3) is 3.81. The van der Waals surface area contributed by atoms with Gasteiger partial charge in [0.2, 0.25) is 5.71 Å². The maximum Gasteiger partial charge on any atom is 0.356 e. The summed E-state index contributed by atoms with van der Waals surface area (Å²) < 4.78 is 1.54. The minimum atomic E-state index is -1.11. The molecule has 0 bridgehead atoms. The van der Waals surface area contributed by atoms with Crippen LogP contribution in [0.2, 0.25) is 0 Å². The van der Waals surface area contributed by atoms with E-state index in [9.17, 15) is 9.90 Å². The second-order valence-electron chi connectivity index (χ2n) is 5.34. The van der Waals surface area contributed by atoms with Crippen molar-refractivity contribution in [3.05, 3.63) is 66.4 Å². The Kier molecular flexibility index (Phi) is 4.92. The van der Waals surface area contributed by atoms with Crippen LogP contribution in [0.1, 0.15) is 10.5 Å². The molecule has 2 aromatic carbocycles. The number of carboxylic acids is 1. The van der Waals surface area contributed by atoms with Crippen LogP contribution in [-0.2, 0) is 0 Å². The van der Waals surface area contributed by atoms with Gasteiger partial charge in [-0.15, -0.1) is 0 Å². The van der Waals surface area contributed by atoms with Gasteiger partial charge in [-0.05, 0) is 30.3 Å². The smallest absolute Gasteiger partial charge is 0.356 e. The molecule has 1 heterocycles.